The highest BCUT2D eigenvalue weighted by molar-refractivity contribution is 6.33. The van der Waals surface area contributed by atoms with E-state index in [9.17, 15) is 9.18 Å². The molecule has 0 saturated heterocycles. The number of amides is 2. The first-order chi connectivity index (χ1) is 8.00. The quantitative estimate of drug-likeness (QED) is 0.850. The van der Waals surface area contributed by atoms with Gasteiger partial charge in [0.1, 0.15) is 5.82 Å². The molecule has 17 heavy (non-hydrogen) atoms. The highest BCUT2D eigenvalue weighted by atomic mass is 35.5. The number of benzene rings is 1. The SMILES string of the molecule is CC(C)CCNC(=O)Nc1c(F)cccc1Cl. The zero-order valence-corrected chi connectivity index (χ0v) is 10.6. The number of carbonyl (C=O) groups excluding carboxylic acids is 1. The highest BCUT2D eigenvalue weighted by Gasteiger charge is 2.09. The van der Waals surface area contributed by atoms with Gasteiger partial charge in [0, 0.05) is 6.54 Å². The Balaban J connectivity index is 2.51. The number of carbonyl (C=O) groups is 1. The van der Waals surface area contributed by atoms with E-state index in [1.54, 1.807) is 0 Å². The Morgan fingerprint density at radius 3 is 2.76 bits per heavy atom. The van der Waals surface area contributed by atoms with Crippen LogP contribution in [-0.2, 0) is 0 Å². The summed E-state index contributed by atoms with van der Waals surface area (Å²) in [4.78, 5) is 11.5. The second-order valence-corrected chi connectivity index (χ2v) is 4.57. The molecule has 0 heterocycles. The van der Waals surface area contributed by atoms with Gasteiger partial charge >= 0.3 is 6.03 Å². The Morgan fingerprint density at radius 1 is 1.47 bits per heavy atom. The molecular weight excluding hydrogens is 243 g/mol. The second kappa shape index (κ2) is 6.45. The van der Waals surface area contributed by atoms with E-state index in [1.807, 2.05) is 0 Å². The summed E-state index contributed by atoms with van der Waals surface area (Å²) in [5.41, 5.74) is 0.0104. The zero-order chi connectivity index (χ0) is 12.8. The van der Waals surface area contributed by atoms with Crippen LogP contribution >= 0.6 is 11.6 Å². The van der Waals surface area contributed by atoms with Gasteiger partial charge in [-0.3, -0.25) is 0 Å². The van der Waals surface area contributed by atoms with Gasteiger partial charge in [0.05, 0.1) is 10.7 Å². The van der Waals surface area contributed by atoms with Crippen LogP contribution in [0.2, 0.25) is 5.02 Å². The molecule has 2 N–H and O–H groups in total. The van der Waals surface area contributed by atoms with Gasteiger partial charge in [0.25, 0.3) is 0 Å². The standard InChI is InChI=1S/C12H16ClFN2O/c1-8(2)6-7-15-12(17)16-11-9(13)4-3-5-10(11)14/h3-5,8H,6-7H2,1-2H3,(H2,15,16,17). The summed E-state index contributed by atoms with van der Waals surface area (Å²) >= 11 is 5.78. The van der Waals surface area contributed by atoms with Crippen molar-refractivity contribution in [3.05, 3.63) is 29.0 Å². The van der Waals surface area contributed by atoms with Crippen molar-refractivity contribution < 1.29 is 9.18 Å². The molecule has 1 aromatic rings. The van der Waals surface area contributed by atoms with E-state index in [0.717, 1.165) is 6.42 Å². The summed E-state index contributed by atoms with van der Waals surface area (Å²) in [6.45, 7) is 4.68. The fourth-order valence-corrected chi connectivity index (χ4v) is 1.46. The third kappa shape index (κ3) is 4.61. The molecule has 0 radical (unpaired) electrons. The van der Waals surface area contributed by atoms with Gasteiger partial charge in [0.15, 0.2) is 0 Å². The molecule has 0 aromatic heterocycles. The van der Waals surface area contributed by atoms with E-state index in [0.29, 0.717) is 12.5 Å². The molecule has 0 aliphatic rings. The first-order valence-electron chi connectivity index (χ1n) is 5.49. The molecule has 94 valence electrons. The summed E-state index contributed by atoms with van der Waals surface area (Å²) < 4.78 is 13.3. The van der Waals surface area contributed by atoms with Crippen molar-refractivity contribution in [2.24, 2.45) is 5.92 Å². The zero-order valence-electron chi connectivity index (χ0n) is 9.89. The number of nitrogens with one attached hydrogen (secondary N) is 2. The van der Waals surface area contributed by atoms with Crippen molar-refractivity contribution in [2.45, 2.75) is 20.3 Å². The van der Waals surface area contributed by atoms with Crippen LogP contribution in [0.1, 0.15) is 20.3 Å². The van der Waals surface area contributed by atoms with Crippen molar-refractivity contribution in [3.8, 4) is 0 Å². The minimum Gasteiger partial charge on any atom is -0.338 e. The Hall–Kier alpha value is -1.29. The van der Waals surface area contributed by atoms with Gasteiger partial charge in [0.2, 0.25) is 0 Å². The van der Waals surface area contributed by atoms with Crippen LogP contribution in [0.25, 0.3) is 0 Å². The molecule has 0 fully saturated rings. The molecule has 0 aliphatic heterocycles. The van der Waals surface area contributed by atoms with E-state index in [-0.39, 0.29) is 10.7 Å². The summed E-state index contributed by atoms with van der Waals surface area (Å²) in [5, 5.41) is 5.22. The van der Waals surface area contributed by atoms with Gasteiger partial charge in [-0.25, -0.2) is 9.18 Å². The summed E-state index contributed by atoms with van der Waals surface area (Å²) in [6, 6.07) is 3.81. The van der Waals surface area contributed by atoms with E-state index >= 15 is 0 Å². The number of urea groups is 1. The Labute approximate surface area is 105 Å². The van der Waals surface area contributed by atoms with Gasteiger partial charge in [-0.05, 0) is 24.5 Å². The summed E-state index contributed by atoms with van der Waals surface area (Å²) in [6.07, 6.45) is 0.873. The largest absolute Gasteiger partial charge is 0.338 e. The number of hydrogen-bond donors (Lipinski definition) is 2. The van der Waals surface area contributed by atoms with Crippen molar-refractivity contribution in [1.82, 2.24) is 5.32 Å². The van der Waals surface area contributed by atoms with Crippen LogP contribution in [0.15, 0.2) is 18.2 Å². The van der Waals surface area contributed by atoms with E-state index < -0.39 is 11.8 Å². The number of halogens is 2. The lowest BCUT2D eigenvalue weighted by atomic mass is 10.1. The smallest absolute Gasteiger partial charge is 0.319 e. The Morgan fingerprint density at radius 2 is 2.18 bits per heavy atom. The predicted octanol–water partition coefficient (Wildman–Crippen LogP) is 3.65. The Bertz CT molecular complexity index is 376. The molecule has 0 bridgehead atoms. The minimum atomic E-state index is -0.545. The summed E-state index contributed by atoms with van der Waals surface area (Å²) in [5.74, 6) is -0.0381. The van der Waals surface area contributed by atoms with E-state index in [2.05, 4.69) is 24.5 Å². The molecule has 0 aliphatic carbocycles. The molecule has 3 nitrogen and oxygen atoms in total. The van der Waals surface area contributed by atoms with Gasteiger partial charge in [-0.1, -0.05) is 31.5 Å². The number of rotatable bonds is 4. The van der Waals surface area contributed by atoms with Crippen molar-refractivity contribution in [2.75, 3.05) is 11.9 Å². The van der Waals surface area contributed by atoms with Gasteiger partial charge in [-0.2, -0.15) is 0 Å². The topological polar surface area (TPSA) is 41.1 Å². The van der Waals surface area contributed by atoms with Gasteiger partial charge < -0.3 is 10.6 Å². The van der Waals surface area contributed by atoms with Crippen LogP contribution in [0, 0.1) is 11.7 Å². The molecule has 0 saturated carbocycles. The van der Waals surface area contributed by atoms with Crippen molar-refractivity contribution in [3.63, 3.8) is 0 Å². The third-order valence-electron chi connectivity index (χ3n) is 2.21. The van der Waals surface area contributed by atoms with Crippen molar-refractivity contribution in [1.29, 1.82) is 0 Å². The summed E-state index contributed by atoms with van der Waals surface area (Å²) in [7, 11) is 0. The monoisotopic (exact) mass is 258 g/mol. The predicted molar refractivity (Wildman–Crippen MR) is 67.9 cm³/mol. The molecule has 1 aromatic carbocycles. The van der Waals surface area contributed by atoms with Crippen LogP contribution < -0.4 is 10.6 Å². The lowest BCUT2D eigenvalue weighted by Gasteiger charge is -2.10. The molecule has 0 spiro atoms. The lowest BCUT2D eigenvalue weighted by molar-refractivity contribution is 0.251. The fraction of sp³-hybridized carbons (Fsp3) is 0.417. The maximum absolute atomic E-state index is 13.3. The average Bonchev–Trinajstić information content (AvgIpc) is 2.23. The second-order valence-electron chi connectivity index (χ2n) is 4.16. The molecule has 0 atom stereocenters. The lowest BCUT2D eigenvalue weighted by Crippen LogP contribution is -2.30. The molecule has 0 unspecified atom stereocenters. The first kappa shape index (κ1) is 13.8. The molecule has 5 heteroatoms. The number of para-hydroxylation sites is 1. The third-order valence-corrected chi connectivity index (χ3v) is 2.52. The normalized spacial score (nSPS) is 10.4. The minimum absolute atomic E-state index is 0.0104. The van der Waals surface area contributed by atoms with Crippen LogP contribution in [0.5, 0.6) is 0 Å². The number of anilines is 1. The number of hydrogen-bond acceptors (Lipinski definition) is 1. The van der Waals surface area contributed by atoms with Crippen LogP contribution in [0.3, 0.4) is 0 Å². The van der Waals surface area contributed by atoms with Crippen LogP contribution in [0.4, 0.5) is 14.9 Å². The van der Waals surface area contributed by atoms with Crippen molar-refractivity contribution >= 4 is 23.3 Å². The van der Waals surface area contributed by atoms with Crippen LogP contribution in [-0.4, -0.2) is 12.6 Å². The maximum atomic E-state index is 13.3. The van der Waals surface area contributed by atoms with E-state index in [1.165, 1.54) is 18.2 Å². The van der Waals surface area contributed by atoms with E-state index in [4.69, 9.17) is 11.6 Å². The van der Waals surface area contributed by atoms with Gasteiger partial charge in [-0.15, -0.1) is 0 Å². The maximum Gasteiger partial charge on any atom is 0.319 e. The molecule has 2 amide bonds. The molecule has 1 rings (SSSR count). The average molecular weight is 259 g/mol. The highest BCUT2D eigenvalue weighted by Crippen LogP contribution is 2.24. The fourth-order valence-electron chi connectivity index (χ4n) is 1.25. The Kier molecular flexibility index (Phi) is 5.22. The molecular formula is C12H16ClFN2O. The first-order valence-corrected chi connectivity index (χ1v) is 5.87.